The lowest BCUT2D eigenvalue weighted by Crippen LogP contribution is -2.31. The Morgan fingerprint density at radius 3 is 2.57 bits per heavy atom. The van der Waals surface area contributed by atoms with Crippen LogP contribution in [0.4, 0.5) is 5.69 Å². The van der Waals surface area contributed by atoms with Gasteiger partial charge in [-0.1, -0.05) is 26.0 Å². The Balaban J connectivity index is 1.87. The van der Waals surface area contributed by atoms with Gasteiger partial charge in [0.1, 0.15) is 22.5 Å². The second-order valence-electron chi connectivity index (χ2n) is 6.91. The maximum absolute atomic E-state index is 12.3. The van der Waals surface area contributed by atoms with E-state index in [0.29, 0.717) is 11.9 Å². The summed E-state index contributed by atoms with van der Waals surface area (Å²) < 4.78 is 10.4. The Bertz CT molecular complexity index is 1200. The maximum Gasteiger partial charge on any atom is 0.350 e. The average Bonchev–Trinajstić information content (AvgIpc) is 2.71. The molecule has 154 valence electrons. The lowest BCUT2D eigenvalue weighted by atomic mass is 10.1. The van der Waals surface area contributed by atoms with E-state index in [1.807, 2.05) is 13.8 Å². The number of nitrogens with one attached hydrogen (secondary N) is 1. The number of esters is 1. The first-order valence-electron chi connectivity index (χ1n) is 9.08. The van der Waals surface area contributed by atoms with Crippen molar-refractivity contribution in [3.8, 4) is 5.75 Å². The minimum Gasteiger partial charge on any atom is -0.423 e. The van der Waals surface area contributed by atoms with Gasteiger partial charge in [-0.05, 0) is 30.2 Å². The van der Waals surface area contributed by atoms with Crippen LogP contribution in [0.15, 0.2) is 57.7 Å². The summed E-state index contributed by atoms with van der Waals surface area (Å²) in [6.45, 7) is 4.27. The zero-order chi connectivity index (χ0) is 21.8. The summed E-state index contributed by atoms with van der Waals surface area (Å²) in [6, 6.07) is 11.0. The van der Waals surface area contributed by atoms with E-state index in [1.165, 1.54) is 48.5 Å². The monoisotopic (exact) mass is 410 g/mol. The molecule has 9 heteroatoms. The van der Waals surface area contributed by atoms with Gasteiger partial charge in [0.25, 0.3) is 11.6 Å². The number of carbonyl (C=O) groups excluding carboxylic acids is 2. The normalized spacial score (nSPS) is 10.8. The molecule has 0 atom stereocenters. The van der Waals surface area contributed by atoms with Gasteiger partial charge in [-0.15, -0.1) is 0 Å². The van der Waals surface area contributed by atoms with Crippen molar-refractivity contribution in [2.75, 3.05) is 6.54 Å². The number of carbonyl (C=O) groups is 2. The van der Waals surface area contributed by atoms with Crippen LogP contribution in [0.1, 0.15) is 34.6 Å². The molecule has 0 fully saturated rings. The maximum atomic E-state index is 12.3. The van der Waals surface area contributed by atoms with E-state index in [1.54, 1.807) is 0 Å². The first kappa shape index (κ1) is 20.7. The summed E-state index contributed by atoms with van der Waals surface area (Å²) >= 11 is 0. The molecule has 0 aliphatic heterocycles. The molecule has 3 aromatic rings. The van der Waals surface area contributed by atoms with Crippen molar-refractivity contribution in [1.29, 1.82) is 0 Å². The fraction of sp³-hybridized carbons (Fsp3) is 0.190. The van der Waals surface area contributed by atoms with Crippen molar-refractivity contribution >= 4 is 28.5 Å². The Morgan fingerprint density at radius 2 is 1.87 bits per heavy atom. The molecule has 0 unspecified atom stereocenters. The predicted molar refractivity (Wildman–Crippen MR) is 108 cm³/mol. The van der Waals surface area contributed by atoms with E-state index in [4.69, 9.17) is 9.15 Å². The molecule has 2 aromatic carbocycles. The molecular weight excluding hydrogens is 392 g/mol. The van der Waals surface area contributed by atoms with Gasteiger partial charge >= 0.3 is 11.6 Å². The minimum atomic E-state index is -0.923. The number of benzene rings is 2. The van der Waals surface area contributed by atoms with E-state index >= 15 is 0 Å². The summed E-state index contributed by atoms with van der Waals surface area (Å²) in [5, 5.41) is 14.2. The largest absolute Gasteiger partial charge is 0.423 e. The number of hydrogen-bond donors (Lipinski definition) is 1. The topological polar surface area (TPSA) is 129 Å². The molecule has 1 amide bonds. The fourth-order valence-corrected chi connectivity index (χ4v) is 2.67. The highest BCUT2D eigenvalue weighted by Crippen LogP contribution is 2.24. The molecule has 0 saturated carbocycles. The Morgan fingerprint density at radius 1 is 1.13 bits per heavy atom. The van der Waals surface area contributed by atoms with Gasteiger partial charge in [0.2, 0.25) is 0 Å². The highest BCUT2D eigenvalue weighted by molar-refractivity contribution is 5.97. The SMILES string of the molecule is CC(C)CNC(=O)c1cc2ccc(OC(=O)c3ccccc3[N+](=O)[O-])cc2oc1=O. The number of fused-ring (bicyclic) bond motifs is 1. The summed E-state index contributed by atoms with van der Waals surface area (Å²) in [6.07, 6.45) is 0. The molecule has 30 heavy (non-hydrogen) atoms. The third-order valence-electron chi connectivity index (χ3n) is 4.15. The molecular formula is C21H18N2O7. The smallest absolute Gasteiger partial charge is 0.350 e. The number of nitrogens with zero attached hydrogens (tertiary/aromatic N) is 1. The zero-order valence-electron chi connectivity index (χ0n) is 16.2. The van der Waals surface area contributed by atoms with Crippen LogP contribution >= 0.6 is 0 Å². The van der Waals surface area contributed by atoms with Crippen LogP contribution in [0.2, 0.25) is 0 Å². The van der Waals surface area contributed by atoms with Crippen LogP contribution in [0.25, 0.3) is 11.0 Å². The lowest BCUT2D eigenvalue weighted by molar-refractivity contribution is -0.385. The van der Waals surface area contributed by atoms with Crippen molar-refractivity contribution in [2.45, 2.75) is 13.8 Å². The van der Waals surface area contributed by atoms with Gasteiger partial charge in [0.15, 0.2) is 0 Å². The highest BCUT2D eigenvalue weighted by atomic mass is 16.6. The molecule has 1 aromatic heterocycles. The van der Waals surface area contributed by atoms with Crippen LogP contribution < -0.4 is 15.7 Å². The third-order valence-corrected chi connectivity index (χ3v) is 4.15. The molecule has 1 heterocycles. The molecule has 9 nitrogen and oxygen atoms in total. The Hall–Kier alpha value is -4.01. The molecule has 1 N–H and O–H groups in total. The number of para-hydroxylation sites is 1. The van der Waals surface area contributed by atoms with E-state index in [0.717, 1.165) is 0 Å². The van der Waals surface area contributed by atoms with Gasteiger partial charge in [0, 0.05) is 24.1 Å². The minimum absolute atomic E-state index is 0.0332. The summed E-state index contributed by atoms with van der Waals surface area (Å²) in [7, 11) is 0. The molecule has 0 aliphatic rings. The van der Waals surface area contributed by atoms with Crippen LogP contribution in [-0.4, -0.2) is 23.3 Å². The average molecular weight is 410 g/mol. The van der Waals surface area contributed by atoms with Crippen molar-refractivity contribution in [3.05, 3.63) is 80.2 Å². The quantitative estimate of drug-likeness (QED) is 0.217. The van der Waals surface area contributed by atoms with Crippen molar-refractivity contribution in [3.63, 3.8) is 0 Å². The second kappa shape index (κ2) is 8.56. The Labute approximate surface area is 170 Å². The van der Waals surface area contributed by atoms with E-state index in [9.17, 15) is 24.5 Å². The van der Waals surface area contributed by atoms with Crippen molar-refractivity contribution in [2.24, 2.45) is 5.92 Å². The zero-order valence-corrected chi connectivity index (χ0v) is 16.2. The lowest BCUT2D eigenvalue weighted by Gasteiger charge is -2.08. The number of ether oxygens (including phenoxy) is 1. The number of nitro groups is 1. The predicted octanol–water partition coefficient (Wildman–Crippen LogP) is 3.31. The van der Waals surface area contributed by atoms with Gasteiger partial charge in [-0.3, -0.25) is 14.9 Å². The first-order chi connectivity index (χ1) is 14.3. The first-order valence-corrected chi connectivity index (χ1v) is 9.08. The van der Waals surface area contributed by atoms with Crippen molar-refractivity contribution < 1.29 is 23.7 Å². The van der Waals surface area contributed by atoms with Crippen LogP contribution in [0, 0.1) is 16.0 Å². The fourth-order valence-electron chi connectivity index (χ4n) is 2.67. The summed E-state index contributed by atoms with van der Waals surface area (Å²) in [5.74, 6) is -1.20. The van der Waals surface area contributed by atoms with Gasteiger partial charge < -0.3 is 14.5 Å². The molecule has 0 bridgehead atoms. The highest BCUT2D eigenvalue weighted by Gasteiger charge is 2.21. The second-order valence-corrected chi connectivity index (χ2v) is 6.91. The number of hydrogen-bond acceptors (Lipinski definition) is 7. The standard InChI is InChI=1S/C21H18N2O7/c1-12(2)11-22-19(24)16-9-13-7-8-14(10-18(13)30-21(16)26)29-20(25)15-5-3-4-6-17(15)23(27)28/h3-10,12H,11H2,1-2H3,(H,22,24). The van der Waals surface area contributed by atoms with Crippen molar-refractivity contribution in [1.82, 2.24) is 5.32 Å². The van der Waals surface area contributed by atoms with Gasteiger partial charge in [-0.2, -0.15) is 0 Å². The molecule has 0 saturated heterocycles. The van der Waals surface area contributed by atoms with E-state index < -0.39 is 22.4 Å². The number of rotatable bonds is 6. The van der Waals surface area contributed by atoms with Gasteiger partial charge in [0.05, 0.1) is 4.92 Å². The third kappa shape index (κ3) is 4.52. The number of amides is 1. The van der Waals surface area contributed by atoms with Gasteiger partial charge in [-0.25, -0.2) is 9.59 Å². The van der Waals surface area contributed by atoms with Crippen LogP contribution in [-0.2, 0) is 0 Å². The molecule has 0 radical (unpaired) electrons. The van der Waals surface area contributed by atoms with E-state index in [2.05, 4.69) is 5.32 Å². The summed E-state index contributed by atoms with van der Waals surface area (Å²) in [5.41, 5.74) is -1.44. The summed E-state index contributed by atoms with van der Waals surface area (Å²) in [4.78, 5) is 47.1. The molecule has 3 rings (SSSR count). The Kier molecular flexibility index (Phi) is 5.91. The van der Waals surface area contributed by atoms with E-state index in [-0.39, 0.29) is 34.1 Å². The number of nitro benzene ring substituents is 1. The van der Waals surface area contributed by atoms with Crippen LogP contribution in [0.3, 0.4) is 0 Å². The van der Waals surface area contributed by atoms with Crippen LogP contribution in [0.5, 0.6) is 5.75 Å². The molecule has 0 aliphatic carbocycles. The molecule has 0 spiro atoms.